The van der Waals surface area contributed by atoms with Crippen LogP contribution in [0.3, 0.4) is 0 Å². The predicted octanol–water partition coefficient (Wildman–Crippen LogP) is 4.72. The van der Waals surface area contributed by atoms with Crippen LogP contribution in [0.1, 0.15) is 38.5 Å². The van der Waals surface area contributed by atoms with Crippen molar-refractivity contribution < 1.29 is 0 Å². The van der Waals surface area contributed by atoms with E-state index in [1.165, 1.54) is 45.1 Å². The molecular weight excluding hydrogens is 291 g/mol. The maximum atomic E-state index is 6.28. The smallest absolute Gasteiger partial charge is 0.0652 e. The first-order valence-electron chi connectivity index (χ1n) is 7.69. The van der Waals surface area contributed by atoms with Gasteiger partial charge >= 0.3 is 0 Å². The van der Waals surface area contributed by atoms with E-state index in [1.54, 1.807) is 0 Å². The van der Waals surface area contributed by atoms with Gasteiger partial charge in [-0.1, -0.05) is 36.0 Å². The zero-order chi connectivity index (χ0) is 13.9. The summed E-state index contributed by atoms with van der Waals surface area (Å²) in [7, 11) is 0. The molecule has 2 fully saturated rings. The van der Waals surface area contributed by atoms with Crippen molar-refractivity contribution in [3.05, 3.63) is 28.2 Å². The third-order valence-corrected chi connectivity index (χ3v) is 5.25. The van der Waals surface area contributed by atoms with Crippen molar-refractivity contribution in [3.8, 4) is 0 Å². The Kier molecular flexibility index (Phi) is 4.75. The minimum absolute atomic E-state index is 0.532. The summed E-state index contributed by atoms with van der Waals surface area (Å²) in [6.45, 7) is 1.18. The van der Waals surface area contributed by atoms with E-state index in [-0.39, 0.29) is 0 Å². The lowest BCUT2D eigenvalue weighted by Gasteiger charge is -2.33. The van der Waals surface area contributed by atoms with Gasteiger partial charge in [0.05, 0.1) is 10.7 Å². The van der Waals surface area contributed by atoms with Gasteiger partial charge in [-0.25, -0.2) is 0 Å². The van der Waals surface area contributed by atoms with Crippen LogP contribution in [0.5, 0.6) is 0 Å². The molecule has 1 aliphatic carbocycles. The number of nitrogens with one attached hydrogen (secondary N) is 2. The standard InChI is InChI=1S/C16H22Cl2N2/c17-11-7-8-16(13(18)10-11)20-15-6-3-4-12(15)14-5-1-2-9-19-14/h7-8,10,12,14-15,19-20H,1-6,9H2. The fourth-order valence-electron chi connectivity index (χ4n) is 3.70. The van der Waals surface area contributed by atoms with Crippen LogP contribution in [0.25, 0.3) is 0 Å². The molecule has 1 saturated heterocycles. The van der Waals surface area contributed by atoms with Gasteiger partial charge in [0, 0.05) is 17.1 Å². The highest BCUT2D eigenvalue weighted by Crippen LogP contribution is 2.35. The van der Waals surface area contributed by atoms with Gasteiger partial charge in [0.2, 0.25) is 0 Å². The summed E-state index contributed by atoms with van der Waals surface area (Å²) in [6, 6.07) is 6.92. The van der Waals surface area contributed by atoms with Crippen molar-refractivity contribution in [2.75, 3.05) is 11.9 Å². The summed E-state index contributed by atoms with van der Waals surface area (Å²) in [4.78, 5) is 0. The maximum Gasteiger partial charge on any atom is 0.0652 e. The van der Waals surface area contributed by atoms with Crippen LogP contribution < -0.4 is 10.6 Å². The van der Waals surface area contributed by atoms with Gasteiger partial charge < -0.3 is 10.6 Å². The molecule has 4 heteroatoms. The van der Waals surface area contributed by atoms with Crippen molar-refractivity contribution in [2.45, 2.75) is 50.6 Å². The minimum Gasteiger partial charge on any atom is -0.381 e. The fourth-order valence-corrected chi connectivity index (χ4v) is 4.16. The van der Waals surface area contributed by atoms with Crippen molar-refractivity contribution in [2.24, 2.45) is 5.92 Å². The number of anilines is 1. The third-order valence-electron chi connectivity index (χ3n) is 4.71. The first-order chi connectivity index (χ1) is 9.74. The molecule has 1 aromatic rings. The monoisotopic (exact) mass is 312 g/mol. The molecule has 1 aromatic carbocycles. The van der Waals surface area contributed by atoms with Crippen molar-refractivity contribution in [3.63, 3.8) is 0 Å². The highest BCUT2D eigenvalue weighted by molar-refractivity contribution is 6.36. The first kappa shape index (κ1) is 14.5. The van der Waals surface area contributed by atoms with Crippen LogP contribution in [0, 0.1) is 5.92 Å². The van der Waals surface area contributed by atoms with E-state index < -0.39 is 0 Å². The van der Waals surface area contributed by atoms with E-state index >= 15 is 0 Å². The van der Waals surface area contributed by atoms with Gasteiger partial charge in [-0.2, -0.15) is 0 Å². The van der Waals surface area contributed by atoms with Crippen molar-refractivity contribution >= 4 is 28.9 Å². The average molecular weight is 313 g/mol. The number of piperidine rings is 1. The molecule has 1 saturated carbocycles. The Morgan fingerprint density at radius 2 is 1.95 bits per heavy atom. The number of rotatable bonds is 3. The summed E-state index contributed by atoms with van der Waals surface area (Å²) in [5, 5.41) is 8.77. The molecule has 2 N–H and O–H groups in total. The summed E-state index contributed by atoms with van der Waals surface area (Å²) < 4.78 is 0. The molecule has 0 spiro atoms. The second kappa shape index (κ2) is 6.55. The molecule has 3 atom stereocenters. The number of hydrogen-bond acceptors (Lipinski definition) is 2. The first-order valence-corrected chi connectivity index (χ1v) is 8.44. The zero-order valence-electron chi connectivity index (χ0n) is 11.7. The molecule has 1 heterocycles. The highest BCUT2D eigenvalue weighted by Gasteiger charge is 2.34. The molecule has 0 amide bonds. The lowest BCUT2D eigenvalue weighted by molar-refractivity contribution is 0.286. The lowest BCUT2D eigenvalue weighted by atomic mass is 9.88. The van der Waals surface area contributed by atoms with Gasteiger partial charge in [-0.15, -0.1) is 0 Å². The molecule has 1 aliphatic heterocycles. The van der Waals surface area contributed by atoms with E-state index in [0.717, 1.165) is 16.6 Å². The molecule has 0 aromatic heterocycles. The van der Waals surface area contributed by atoms with Crippen LogP contribution in [-0.2, 0) is 0 Å². The molecular formula is C16H22Cl2N2. The molecule has 3 unspecified atom stereocenters. The lowest BCUT2D eigenvalue weighted by Crippen LogP contribution is -2.44. The van der Waals surface area contributed by atoms with Crippen LogP contribution in [0.15, 0.2) is 18.2 Å². The summed E-state index contributed by atoms with van der Waals surface area (Å²) in [6.07, 6.45) is 7.87. The van der Waals surface area contributed by atoms with Gasteiger partial charge in [0.25, 0.3) is 0 Å². The molecule has 3 rings (SSSR count). The van der Waals surface area contributed by atoms with E-state index in [4.69, 9.17) is 23.2 Å². The Bertz CT molecular complexity index is 458. The van der Waals surface area contributed by atoms with Gasteiger partial charge in [-0.05, 0) is 56.3 Å². The van der Waals surface area contributed by atoms with Crippen molar-refractivity contribution in [1.82, 2.24) is 5.32 Å². The number of halogens is 2. The van der Waals surface area contributed by atoms with Crippen molar-refractivity contribution in [1.29, 1.82) is 0 Å². The average Bonchev–Trinajstić information content (AvgIpc) is 2.91. The normalized spacial score (nSPS) is 30.4. The van der Waals surface area contributed by atoms with Crippen LogP contribution in [0.2, 0.25) is 10.0 Å². The molecule has 0 radical (unpaired) electrons. The number of benzene rings is 1. The Balaban J connectivity index is 1.68. The number of hydrogen-bond donors (Lipinski definition) is 2. The van der Waals surface area contributed by atoms with Crippen LogP contribution in [0.4, 0.5) is 5.69 Å². The van der Waals surface area contributed by atoms with Gasteiger partial charge in [0.15, 0.2) is 0 Å². The SMILES string of the molecule is Clc1ccc(NC2CCCC2C2CCCCN2)c(Cl)c1. The minimum atomic E-state index is 0.532. The Labute approximate surface area is 131 Å². The van der Waals surface area contributed by atoms with Crippen LogP contribution >= 0.6 is 23.2 Å². The second-order valence-electron chi connectivity index (χ2n) is 6.03. The van der Waals surface area contributed by atoms with E-state index in [9.17, 15) is 0 Å². The Hall–Kier alpha value is -0.440. The predicted molar refractivity (Wildman–Crippen MR) is 86.9 cm³/mol. The fraction of sp³-hybridized carbons (Fsp3) is 0.625. The zero-order valence-corrected chi connectivity index (χ0v) is 13.2. The van der Waals surface area contributed by atoms with E-state index in [1.807, 2.05) is 18.2 Å². The molecule has 0 bridgehead atoms. The maximum absolute atomic E-state index is 6.28. The summed E-state index contributed by atoms with van der Waals surface area (Å²) >= 11 is 12.2. The highest BCUT2D eigenvalue weighted by atomic mass is 35.5. The topological polar surface area (TPSA) is 24.1 Å². The van der Waals surface area contributed by atoms with E-state index in [0.29, 0.717) is 17.1 Å². The summed E-state index contributed by atoms with van der Waals surface area (Å²) in [5.41, 5.74) is 1.02. The Morgan fingerprint density at radius 3 is 2.70 bits per heavy atom. The Morgan fingerprint density at radius 1 is 1.05 bits per heavy atom. The second-order valence-corrected chi connectivity index (χ2v) is 6.87. The summed E-state index contributed by atoms with van der Waals surface area (Å²) in [5.74, 6) is 0.724. The molecule has 2 nitrogen and oxygen atoms in total. The molecule has 20 heavy (non-hydrogen) atoms. The van der Waals surface area contributed by atoms with Gasteiger partial charge in [-0.3, -0.25) is 0 Å². The van der Waals surface area contributed by atoms with E-state index in [2.05, 4.69) is 10.6 Å². The molecule has 2 aliphatic rings. The van der Waals surface area contributed by atoms with Gasteiger partial charge in [0.1, 0.15) is 0 Å². The third kappa shape index (κ3) is 3.24. The largest absolute Gasteiger partial charge is 0.381 e. The quantitative estimate of drug-likeness (QED) is 0.844. The van der Waals surface area contributed by atoms with Crippen LogP contribution in [-0.4, -0.2) is 18.6 Å². The molecule has 110 valence electrons.